The second-order valence-corrected chi connectivity index (χ2v) is 5.93. The number of benzene rings is 2. The zero-order valence-corrected chi connectivity index (χ0v) is 14.4. The molecular formula is C19H18N4O3. The molecule has 0 fully saturated rings. The molecule has 7 heteroatoms. The van der Waals surface area contributed by atoms with Crippen molar-refractivity contribution in [3.05, 3.63) is 54.0 Å². The van der Waals surface area contributed by atoms with Crippen LogP contribution in [0.15, 0.2) is 48.2 Å². The Morgan fingerprint density at radius 3 is 2.65 bits per heavy atom. The number of rotatable bonds is 4. The Kier molecular flexibility index (Phi) is 3.76. The second-order valence-electron chi connectivity index (χ2n) is 5.93. The number of nitrogens with zero attached hydrogens (tertiary/aromatic N) is 2. The summed E-state index contributed by atoms with van der Waals surface area (Å²) in [4.78, 5) is 9.39. The highest BCUT2D eigenvalue weighted by atomic mass is 16.5. The molecule has 132 valence electrons. The first kappa shape index (κ1) is 16.0. The van der Waals surface area contributed by atoms with E-state index in [1.165, 1.54) is 0 Å². The molecule has 2 aromatic carbocycles. The van der Waals surface area contributed by atoms with Crippen LogP contribution < -0.4 is 14.4 Å². The van der Waals surface area contributed by atoms with E-state index in [9.17, 15) is 5.11 Å². The van der Waals surface area contributed by atoms with Gasteiger partial charge in [0, 0.05) is 17.8 Å². The average Bonchev–Trinajstić information content (AvgIpc) is 3.20. The van der Waals surface area contributed by atoms with Gasteiger partial charge in [-0.15, -0.1) is 0 Å². The third-order valence-electron chi connectivity index (χ3n) is 4.39. The van der Waals surface area contributed by atoms with Gasteiger partial charge in [-0.1, -0.05) is 6.07 Å². The molecule has 0 unspecified atom stereocenters. The summed E-state index contributed by atoms with van der Waals surface area (Å²) in [6, 6.07) is 12.9. The number of fused-ring (bicyclic) bond motifs is 1. The minimum Gasteiger partial charge on any atom is -0.509 e. The van der Waals surface area contributed by atoms with Gasteiger partial charge in [-0.3, -0.25) is 5.41 Å². The van der Waals surface area contributed by atoms with Crippen molar-refractivity contribution < 1.29 is 14.6 Å². The van der Waals surface area contributed by atoms with Crippen LogP contribution in [0.2, 0.25) is 0 Å². The van der Waals surface area contributed by atoms with Gasteiger partial charge < -0.3 is 24.5 Å². The first-order chi connectivity index (χ1) is 12.6. The maximum absolute atomic E-state index is 10.5. The standard InChI is InChI=1S/C19H18N4O3/c1-25-12-5-3-4-11(8-12)23-10-16(24)17(18(23)20)19-21-14-7-6-13(26-2)9-15(14)22-19/h3-9,20,24H,10H2,1-2H3,(H,21,22). The molecule has 0 spiro atoms. The van der Waals surface area contributed by atoms with Gasteiger partial charge >= 0.3 is 0 Å². The molecule has 0 aliphatic carbocycles. The number of aliphatic hydroxyl groups excluding tert-OH is 1. The summed E-state index contributed by atoms with van der Waals surface area (Å²) in [7, 11) is 3.20. The van der Waals surface area contributed by atoms with Crippen molar-refractivity contribution in [2.75, 3.05) is 25.7 Å². The minimum absolute atomic E-state index is 0.101. The maximum atomic E-state index is 10.5. The summed E-state index contributed by atoms with van der Waals surface area (Å²) in [5.74, 6) is 2.15. The van der Waals surface area contributed by atoms with Gasteiger partial charge in [-0.2, -0.15) is 0 Å². The molecule has 0 atom stereocenters. The number of aromatic nitrogens is 2. The van der Waals surface area contributed by atoms with Crippen LogP contribution in [0.25, 0.3) is 16.6 Å². The van der Waals surface area contributed by atoms with Crippen molar-refractivity contribution >= 4 is 28.1 Å². The molecule has 3 aromatic rings. The Morgan fingerprint density at radius 1 is 1.12 bits per heavy atom. The van der Waals surface area contributed by atoms with E-state index < -0.39 is 0 Å². The van der Waals surface area contributed by atoms with Crippen LogP contribution in [-0.4, -0.2) is 41.7 Å². The summed E-state index contributed by atoms with van der Waals surface area (Å²) in [6.07, 6.45) is 0. The van der Waals surface area contributed by atoms with Crippen LogP contribution in [0.4, 0.5) is 5.69 Å². The second kappa shape index (κ2) is 6.11. The molecule has 0 radical (unpaired) electrons. The van der Waals surface area contributed by atoms with Gasteiger partial charge in [-0.25, -0.2) is 4.98 Å². The Bertz CT molecular complexity index is 1040. The minimum atomic E-state index is 0.101. The summed E-state index contributed by atoms with van der Waals surface area (Å²) in [6.45, 7) is 0.210. The van der Waals surface area contributed by atoms with E-state index >= 15 is 0 Å². The smallest absolute Gasteiger partial charge is 0.145 e. The van der Waals surface area contributed by atoms with Crippen molar-refractivity contribution in [3.8, 4) is 11.5 Å². The number of amidine groups is 1. The molecule has 1 aliphatic heterocycles. The number of aliphatic hydroxyl groups is 1. The fourth-order valence-electron chi connectivity index (χ4n) is 3.06. The number of ether oxygens (including phenoxy) is 2. The number of nitrogens with one attached hydrogen (secondary N) is 2. The van der Waals surface area contributed by atoms with E-state index in [-0.39, 0.29) is 18.1 Å². The van der Waals surface area contributed by atoms with Crippen LogP contribution in [0.3, 0.4) is 0 Å². The molecule has 1 aromatic heterocycles. The van der Waals surface area contributed by atoms with E-state index in [1.807, 2.05) is 42.5 Å². The predicted octanol–water partition coefficient (Wildman–Crippen LogP) is 3.35. The number of methoxy groups -OCH3 is 2. The van der Waals surface area contributed by atoms with Crippen molar-refractivity contribution in [1.82, 2.24) is 9.97 Å². The Labute approximate surface area is 150 Å². The first-order valence-electron chi connectivity index (χ1n) is 8.07. The van der Waals surface area contributed by atoms with Gasteiger partial charge in [0.2, 0.25) is 0 Å². The molecule has 4 rings (SSSR count). The highest BCUT2D eigenvalue weighted by Gasteiger charge is 2.31. The summed E-state index contributed by atoms with van der Waals surface area (Å²) < 4.78 is 10.5. The third kappa shape index (κ3) is 2.54. The van der Waals surface area contributed by atoms with Crippen LogP contribution in [0.5, 0.6) is 11.5 Å². The van der Waals surface area contributed by atoms with Gasteiger partial charge in [0.1, 0.15) is 28.9 Å². The van der Waals surface area contributed by atoms with Gasteiger partial charge in [0.25, 0.3) is 0 Å². The van der Waals surface area contributed by atoms with Crippen LogP contribution in [0.1, 0.15) is 5.82 Å². The van der Waals surface area contributed by atoms with Crippen LogP contribution in [0, 0.1) is 5.41 Å². The highest BCUT2D eigenvalue weighted by Crippen LogP contribution is 2.32. The predicted molar refractivity (Wildman–Crippen MR) is 100 cm³/mol. The quantitative estimate of drug-likeness (QED) is 0.671. The lowest BCUT2D eigenvalue weighted by Crippen LogP contribution is -2.26. The fourth-order valence-corrected chi connectivity index (χ4v) is 3.06. The van der Waals surface area contributed by atoms with E-state index in [1.54, 1.807) is 19.1 Å². The largest absolute Gasteiger partial charge is 0.509 e. The first-order valence-corrected chi connectivity index (χ1v) is 8.07. The van der Waals surface area contributed by atoms with Crippen molar-refractivity contribution in [3.63, 3.8) is 0 Å². The number of hydrogen-bond acceptors (Lipinski definition) is 5. The van der Waals surface area contributed by atoms with Gasteiger partial charge in [0.15, 0.2) is 0 Å². The Balaban J connectivity index is 1.70. The molecule has 2 heterocycles. The zero-order valence-electron chi connectivity index (χ0n) is 14.4. The topological polar surface area (TPSA) is 94.5 Å². The number of imidazole rings is 1. The molecule has 3 N–H and O–H groups in total. The highest BCUT2D eigenvalue weighted by molar-refractivity contribution is 6.30. The lowest BCUT2D eigenvalue weighted by atomic mass is 10.2. The lowest BCUT2D eigenvalue weighted by molar-refractivity contribution is 0.410. The fraction of sp³-hybridized carbons (Fsp3) is 0.158. The molecule has 0 saturated carbocycles. The SMILES string of the molecule is COc1cccc(N2CC(O)=C(c3nc4ccc(OC)cc4[nH]3)C2=N)c1. The van der Waals surface area contributed by atoms with Crippen LogP contribution in [-0.2, 0) is 0 Å². The van der Waals surface area contributed by atoms with Crippen molar-refractivity contribution in [1.29, 1.82) is 5.41 Å². The number of H-pyrrole nitrogens is 1. The van der Waals surface area contributed by atoms with E-state index in [2.05, 4.69) is 9.97 Å². The molecule has 7 nitrogen and oxygen atoms in total. The van der Waals surface area contributed by atoms with E-state index in [0.717, 1.165) is 16.7 Å². The summed E-state index contributed by atoms with van der Waals surface area (Å²) in [5, 5.41) is 19.0. The number of anilines is 1. The van der Waals surface area contributed by atoms with Gasteiger partial charge in [0.05, 0.1) is 37.4 Å². The Morgan fingerprint density at radius 2 is 1.88 bits per heavy atom. The molecule has 0 amide bonds. The van der Waals surface area contributed by atoms with Crippen molar-refractivity contribution in [2.24, 2.45) is 0 Å². The molecule has 0 bridgehead atoms. The zero-order chi connectivity index (χ0) is 18.3. The average molecular weight is 350 g/mol. The van der Waals surface area contributed by atoms with Crippen molar-refractivity contribution in [2.45, 2.75) is 0 Å². The number of hydrogen-bond donors (Lipinski definition) is 3. The third-order valence-corrected chi connectivity index (χ3v) is 4.39. The molecule has 26 heavy (non-hydrogen) atoms. The summed E-state index contributed by atoms with van der Waals surface area (Å²) in [5.41, 5.74) is 2.69. The van der Waals surface area contributed by atoms with Gasteiger partial charge in [-0.05, 0) is 24.3 Å². The van der Waals surface area contributed by atoms with E-state index in [4.69, 9.17) is 14.9 Å². The molecule has 0 saturated heterocycles. The number of aromatic amines is 1. The molecular weight excluding hydrogens is 332 g/mol. The maximum Gasteiger partial charge on any atom is 0.145 e. The Hall–Kier alpha value is -3.48. The van der Waals surface area contributed by atoms with E-state index in [0.29, 0.717) is 22.9 Å². The normalized spacial score (nSPS) is 14.4. The van der Waals surface area contributed by atoms with Crippen LogP contribution >= 0.6 is 0 Å². The monoisotopic (exact) mass is 350 g/mol. The summed E-state index contributed by atoms with van der Waals surface area (Å²) >= 11 is 0. The molecule has 1 aliphatic rings. The lowest BCUT2D eigenvalue weighted by Gasteiger charge is -2.19.